The first-order chi connectivity index (χ1) is 7.81. The van der Waals surface area contributed by atoms with Crippen molar-refractivity contribution in [1.29, 1.82) is 0 Å². The molecule has 0 unspecified atom stereocenters. The van der Waals surface area contributed by atoms with E-state index in [2.05, 4.69) is 10.3 Å². The van der Waals surface area contributed by atoms with Gasteiger partial charge in [-0.3, -0.25) is 0 Å². The summed E-state index contributed by atoms with van der Waals surface area (Å²) in [5.74, 6) is 0.421. The minimum absolute atomic E-state index is 0.141. The van der Waals surface area contributed by atoms with Gasteiger partial charge >= 0.3 is 0 Å². The molecule has 1 fully saturated rings. The second kappa shape index (κ2) is 5.25. The number of pyridine rings is 1. The van der Waals surface area contributed by atoms with Crippen molar-refractivity contribution < 1.29 is 9.13 Å². The Labute approximate surface area is 95.0 Å². The lowest BCUT2D eigenvalue weighted by atomic mass is 10.2. The molecule has 1 saturated carbocycles. The maximum Gasteiger partial charge on any atom is 0.250 e. The molecule has 4 heteroatoms. The van der Waals surface area contributed by atoms with Gasteiger partial charge in [-0.05, 0) is 31.4 Å². The number of nitrogens with one attached hydrogen (secondary N) is 1. The van der Waals surface area contributed by atoms with Crippen LogP contribution in [-0.2, 0) is 6.54 Å². The summed E-state index contributed by atoms with van der Waals surface area (Å²) in [4.78, 5) is 3.92. The maximum absolute atomic E-state index is 13.8. The van der Waals surface area contributed by atoms with Crippen LogP contribution in [0.15, 0.2) is 12.3 Å². The van der Waals surface area contributed by atoms with Gasteiger partial charge in [0.1, 0.15) is 0 Å². The molecule has 1 heterocycles. The number of halogens is 1. The molecular weight excluding hydrogens is 207 g/mol. The number of hydrogen-bond acceptors (Lipinski definition) is 3. The summed E-state index contributed by atoms with van der Waals surface area (Å²) in [5, 5.41) is 3.09. The number of aromatic nitrogens is 1. The predicted molar refractivity (Wildman–Crippen MR) is 59.8 cm³/mol. The average molecular weight is 224 g/mol. The normalized spacial score (nSPS) is 15.1. The second-order valence-electron chi connectivity index (χ2n) is 4.12. The van der Waals surface area contributed by atoms with Crippen molar-refractivity contribution >= 4 is 0 Å². The van der Waals surface area contributed by atoms with E-state index in [1.807, 2.05) is 6.92 Å². The molecule has 1 N–H and O–H groups in total. The molecule has 3 nitrogen and oxygen atoms in total. The molecule has 0 amide bonds. The molecule has 0 radical (unpaired) electrons. The highest BCUT2D eigenvalue weighted by Crippen LogP contribution is 2.29. The molecule has 0 aromatic carbocycles. The first kappa shape index (κ1) is 11.3. The van der Waals surface area contributed by atoms with Crippen LogP contribution >= 0.6 is 0 Å². The summed E-state index contributed by atoms with van der Waals surface area (Å²) in [7, 11) is 0. The van der Waals surface area contributed by atoms with Crippen LogP contribution < -0.4 is 10.1 Å². The Morgan fingerprint density at radius 2 is 2.38 bits per heavy atom. The van der Waals surface area contributed by atoms with Crippen LogP contribution in [0.2, 0.25) is 0 Å². The standard InChI is InChI=1S/C12H17FN2O/c1-2-14-7-10-5-6-15-12(11(10)13)16-8-9-3-4-9/h5-6,9,14H,2-4,7-8H2,1H3. The third-order valence-corrected chi connectivity index (χ3v) is 2.66. The van der Waals surface area contributed by atoms with E-state index in [-0.39, 0.29) is 11.7 Å². The largest absolute Gasteiger partial charge is 0.475 e. The smallest absolute Gasteiger partial charge is 0.250 e. The zero-order valence-electron chi connectivity index (χ0n) is 9.50. The zero-order chi connectivity index (χ0) is 11.4. The van der Waals surface area contributed by atoms with E-state index < -0.39 is 0 Å². The van der Waals surface area contributed by atoms with Crippen molar-refractivity contribution in [3.63, 3.8) is 0 Å². The Morgan fingerprint density at radius 1 is 1.56 bits per heavy atom. The Hall–Kier alpha value is -1.16. The topological polar surface area (TPSA) is 34.2 Å². The van der Waals surface area contributed by atoms with Gasteiger partial charge < -0.3 is 10.1 Å². The quantitative estimate of drug-likeness (QED) is 0.803. The predicted octanol–water partition coefficient (Wildman–Crippen LogP) is 2.12. The van der Waals surface area contributed by atoms with Crippen molar-refractivity contribution in [3.05, 3.63) is 23.6 Å². The summed E-state index contributed by atoms with van der Waals surface area (Å²) in [6, 6.07) is 1.68. The van der Waals surface area contributed by atoms with Gasteiger partial charge in [0.25, 0.3) is 5.88 Å². The molecule has 88 valence electrons. The minimum Gasteiger partial charge on any atom is -0.475 e. The molecule has 0 spiro atoms. The zero-order valence-corrected chi connectivity index (χ0v) is 9.50. The highest BCUT2D eigenvalue weighted by Gasteiger charge is 2.23. The fourth-order valence-electron chi connectivity index (χ4n) is 1.44. The van der Waals surface area contributed by atoms with E-state index in [4.69, 9.17) is 4.74 Å². The van der Waals surface area contributed by atoms with Crippen molar-refractivity contribution in [2.75, 3.05) is 13.2 Å². The molecule has 1 aliphatic carbocycles. The Morgan fingerprint density at radius 3 is 3.06 bits per heavy atom. The van der Waals surface area contributed by atoms with Crippen LogP contribution in [0.5, 0.6) is 5.88 Å². The molecule has 0 bridgehead atoms. The average Bonchev–Trinajstić information content (AvgIpc) is 3.10. The van der Waals surface area contributed by atoms with Crippen LogP contribution in [0.1, 0.15) is 25.3 Å². The molecule has 1 aromatic rings. The van der Waals surface area contributed by atoms with Gasteiger partial charge in [0.15, 0.2) is 5.82 Å². The molecular formula is C12H17FN2O. The van der Waals surface area contributed by atoms with E-state index >= 15 is 0 Å². The minimum atomic E-state index is -0.330. The molecule has 0 atom stereocenters. The van der Waals surface area contributed by atoms with Crippen molar-refractivity contribution in [2.45, 2.75) is 26.3 Å². The number of ether oxygens (including phenoxy) is 1. The van der Waals surface area contributed by atoms with Gasteiger partial charge in [0.05, 0.1) is 6.61 Å². The maximum atomic E-state index is 13.8. The van der Waals surface area contributed by atoms with Gasteiger partial charge in [0, 0.05) is 18.3 Å². The Bertz CT molecular complexity index is 353. The molecule has 0 aliphatic heterocycles. The van der Waals surface area contributed by atoms with E-state index in [1.54, 1.807) is 12.3 Å². The van der Waals surface area contributed by atoms with Crippen LogP contribution in [-0.4, -0.2) is 18.1 Å². The summed E-state index contributed by atoms with van der Waals surface area (Å²) in [5.41, 5.74) is 0.614. The lowest BCUT2D eigenvalue weighted by Gasteiger charge is -2.08. The number of nitrogens with zero attached hydrogens (tertiary/aromatic N) is 1. The second-order valence-corrected chi connectivity index (χ2v) is 4.12. The fourth-order valence-corrected chi connectivity index (χ4v) is 1.44. The Kier molecular flexibility index (Phi) is 3.72. The van der Waals surface area contributed by atoms with Crippen LogP contribution in [0, 0.1) is 11.7 Å². The Balaban J connectivity index is 1.99. The highest BCUT2D eigenvalue weighted by molar-refractivity contribution is 5.23. The highest BCUT2D eigenvalue weighted by atomic mass is 19.1. The molecule has 1 aliphatic rings. The lowest BCUT2D eigenvalue weighted by molar-refractivity contribution is 0.272. The third-order valence-electron chi connectivity index (χ3n) is 2.66. The van der Waals surface area contributed by atoms with E-state index in [0.717, 1.165) is 6.54 Å². The molecule has 2 rings (SSSR count). The van der Waals surface area contributed by atoms with Crippen molar-refractivity contribution in [1.82, 2.24) is 10.3 Å². The third kappa shape index (κ3) is 2.92. The molecule has 16 heavy (non-hydrogen) atoms. The van der Waals surface area contributed by atoms with Gasteiger partial charge in [-0.15, -0.1) is 0 Å². The monoisotopic (exact) mass is 224 g/mol. The van der Waals surface area contributed by atoms with Gasteiger partial charge in [-0.1, -0.05) is 6.92 Å². The molecule has 0 saturated heterocycles. The van der Waals surface area contributed by atoms with Crippen LogP contribution in [0.4, 0.5) is 4.39 Å². The van der Waals surface area contributed by atoms with Gasteiger partial charge in [-0.25, -0.2) is 9.37 Å². The summed E-state index contributed by atoms with van der Waals surface area (Å²) >= 11 is 0. The summed E-state index contributed by atoms with van der Waals surface area (Å²) < 4.78 is 19.2. The van der Waals surface area contributed by atoms with Crippen LogP contribution in [0.25, 0.3) is 0 Å². The molecule has 1 aromatic heterocycles. The first-order valence-electron chi connectivity index (χ1n) is 5.78. The summed E-state index contributed by atoms with van der Waals surface area (Å²) in [6.45, 7) is 3.92. The number of rotatable bonds is 6. The van der Waals surface area contributed by atoms with Gasteiger partial charge in [-0.2, -0.15) is 0 Å². The van der Waals surface area contributed by atoms with Crippen molar-refractivity contribution in [2.24, 2.45) is 5.92 Å². The van der Waals surface area contributed by atoms with Crippen molar-refractivity contribution in [3.8, 4) is 5.88 Å². The first-order valence-corrected chi connectivity index (χ1v) is 5.78. The summed E-state index contributed by atoms with van der Waals surface area (Å²) in [6.07, 6.45) is 3.98. The van der Waals surface area contributed by atoms with Gasteiger partial charge in [0.2, 0.25) is 0 Å². The lowest BCUT2D eigenvalue weighted by Crippen LogP contribution is -2.14. The van der Waals surface area contributed by atoms with E-state index in [9.17, 15) is 4.39 Å². The van der Waals surface area contributed by atoms with Crippen LogP contribution in [0.3, 0.4) is 0 Å². The fraction of sp³-hybridized carbons (Fsp3) is 0.583. The SMILES string of the molecule is CCNCc1ccnc(OCC2CC2)c1F. The van der Waals surface area contributed by atoms with E-state index in [1.165, 1.54) is 12.8 Å². The van der Waals surface area contributed by atoms with E-state index in [0.29, 0.717) is 24.6 Å². The number of hydrogen-bond donors (Lipinski definition) is 1.